The number of fused-ring (bicyclic) bond motifs is 1. The highest BCUT2D eigenvalue weighted by atomic mass is 79.9. The summed E-state index contributed by atoms with van der Waals surface area (Å²) in [6.07, 6.45) is 0. The minimum atomic E-state index is -0.379. The number of hydrogen-bond acceptors (Lipinski definition) is 2. The Hall–Kier alpha value is -0.420. The van der Waals surface area contributed by atoms with Crippen LogP contribution in [0.1, 0.15) is 16.5 Å². The van der Waals surface area contributed by atoms with E-state index in [2.05, 4.69) is 31.9 Å². The highest BCUT2D eigenvalue weighted by Crippen LogP contribution is 2.43. The molecule has 1 aliphatic heterocycles. The van der Waals surface area contributed by atoms with Gasteiger partial charge in [-0.15, -0.1) is 11.6 Å². The van der Waals surface area contributed by atoms with Gasteiger partial charge in [0.05, 0.1) is 5.38 Å². The maximum absolute atomic E-state index is 6.61. The predicted octanol–water partition coefficient (Wildman–Crippen LogP) is 5.96. The second-order valence-electron chi connectivity index (χ2n) is 4.55. The van der Waals surface area contributed by atoms with Crippen LogP contribution in [0.15, 0.2) is 39.3 Å². The lowest BCUT2D eigenvalue weighted by atomic mass is 10.0. The zero-order valence-corrected chi connectivity index (χ0v) is 15.4. The standard InChI is InChI=1S/C15H10Br2Cl2O2/c16-8-1-2-9(11(17)5-8)15(19)10-6-13-14(7-12(10)18)21-4-3-20-13/h1-2,5-7,15H,3-4H2. The van der Waals surface area contributed by atoms with Crippen LogP contribution in [0, 0.1) is 0 Å². The van der Waals surface area contributed by atoms with Crippen molar-refractivity contribution in [2.75, 3.05) is 13.2 Å². The average molecular weight is 453 g/mol. The number of rotatable bonds is 2. The third-order valence-electron chi connectivity index (χ3n) is 3.17. The minimum absolute atomic E-state index is 0.379. The van der Waals surface area contributed by atoms with Crippen molar-refractivity contribution in [3.63, 3.8) is 0 Å². The van der Waals surface area contributed by atoms with Gasteiger partial charge in [0, 0.05) is 20.0 Å². The molecule has 21 heavy (non-hydrogen) atoms. The zero-order chi connectivity index (χ0) is 15.0. The minimum Gasteiger partial charge on any atom is -0.486 e. The van der Waals surface area contributed by atoms with E-state index in [1.807, 2.05) is 24.3 Å². The molecule has 110 valence electrons. The van der Waals surface area contributed by atoms with Gasteiger partial charge >= 0.3 is 0 Å². The largest absolute Gasteiger partial charge is 0.486 e. The normalized spacial score (nSPS) is 14.9. The van der Waals surface area contributed by atoms with Crippen molar-refractivity contribution in [2.24, 2.45) is 0 Å². The van der Waals surface area contributed by atoms with Gasteiger partial charge in [0.25, 0.3) is 0 Å². The van der Waals surface area contributed by atoms with Crippen molar-refractivity contribution in [3.8, 4) is 11.5 Å². The lowest BCUT2D eigenvalue weighted by Crippen LogP contribution is -2.15. The molecule has 0 fully saturated rings. The summed E-state index contributed by atoms with van der Waals surface area (Å²) in [5.41, 5.74) is 1.74. The van der Waals surface area contributed by atoms with Crippen LogP contribution in [0.3, 0.4) is 0 Å². The molecule has 0 amide bonds. The molecule has 1 atom stereocenters. The molecule has 1 aliphatic rings. The predicted molar refractivity (Wildman–Crippen MR) is 92.0 cm³/mol. The first-order chi connectivity index (χ1) is 10.1. The Labute approximate surface area is 149 Å². The van der Waals surface area contributed by atoms with Crippen molar-refractivity contribution in [3.05, 3.63) is 55.4 Å². The highest BCUT2D eigenvalue weighted by Gasteiger charge is 2.22. The molecular formula is C15H10Br2Cl2O2. The Bertz CT molecular complexity index is 692. The van der Waals surface area contributed by atoms with Gasteiger partial charge in [-0.05, 0) is 29.3 Å². The second-order valence-corrected chi connectivity index (χ2v) is 7.16. The molecule has 0 N–H and O–H groups in total. The lowest BCUT2D eigenvalue weighted by Gasteiger charge is -2.21. The van der Waals surface area contributed by atoms with E-state index in [1.54, 1.807) is 6.07 Å². The van der Waals surface area contributed by atoms with Gasteiger partial charge < -0.3 is 9.47 Å². The number of alkyl halides is 1. The van der Waals surface area contributed by atoms with Gasteiger partial charge in [-0.3, -0.25) is 0 Å². The molecule has 0 saturated heterocycles. The molecule has 0 saturated carbocycles. The van der Waals surface area contributed by atoms with E-state index in [1.165, 1.54) is 0 Å². The van der Waals surface area contributed by atoms with Crippen molar-refractivity contribution in [1.82, 2.24) is 0 Å². The van der Waals surface area contributed by atoms with E-state index >= 15 is 0 Å². The SMILES string of the molecule is Clc1cc2c(cc1C(Cl)c1ccc(Br)cc1Br)OCCO2. The molecule has 2 nitrogen and oxygen atoms in total. The molecule has 0 radical (unpaired) electrons. The first-order valence-electron chi connectivity index (χ1n) is 6.24. The molecule has 0 aromatic heterocycles. The van der Waals surface area contributed by atoms with E-state index < -0.39 is 0 Å². The molecule has 0 bridgehead atoms. The quantitative estimate of drug-likeness (QED) is 0.523. The van der Waals surface area contributed by atoms with Crippen LogP contribution in [0.5, 0.6) is 11.5 Å². The first kappa shape index (κ1) is 15.5. The Morgan fingerprint density at radius 1 is 0.952 bits per heavy atom. The van der Waals surface area contributed by atoms with Crippen molar-refractivity contribution < 1.29 is 9.47 Å². The summed E-state index contributed by atoms with van der Waals surface area (Å²) in [5.74, 6) is 1.34. The van der Waals surface area contributed by atoms with Crippen molar-refractivity contribution >= 4 is 55.1 Å². The van der Waals surface area contributed by atoms with Crippen LogP contribution in [0.25, 0.3) is 0 Å². The second kappa shape index (κ2) is 6.37. The Kier molecular flexibility index (Phi) is 4.69. The van der Waals surface area contributed by atoms with Crippen molar-refractivity contribution in [2.45, 2.75) is 5.38 Å². The summed E-state index contributed by atoms with van der Waals surface area (Å²) in [5, 5.41) is 0.185. The van der Waals surface area contributed by atoms with E-state index in [4.69, 9.17) is 32.7 Å². The fraction of sp³-hybridized carbons (Fsp3) is 0.200. The molecule has 1 unspecified atom stereocenters. The third-order valence-corrected chi connectivity index (χ3v) is 5.15. The van der Waals surface area contributed by atoms with Crippen LogP contribution in [0.2, 0.25) is 5.02 Å². The van der Waals surface area contributed by atoms with Gasteiger partial charge in [-0.2, -0.15) is 0 Å². The monoisotopic (exact) mass is 450 g/mol. The molecule has 3 rings (SSSR count). The summed E-state index contributed by atoms with van der Waals surface area (Å²) >= 11 is 19.9. The van der Waals surface area contributed by atoms with E-state index in [9.17, 15) is 0 Å². The molecule has 2 aromatic rings. The zero-order valence-electron chi connectivity index (χ0n) is 10.7. The number of benzene rings is 2. The van der Waals surface area contributed by atoms with Crippen LogP contribution in [0.4, 0.5) is 0 Å². The summed E-state index contributed by atoms with van der Waals surface area (Å²) in [6.45, 7) is 1.06. The van der Waals surface area contributed by atoms with E-state index in [0.717, 1.165) is 20.1 Å². The Balaban J connectivity index is 2.03. The molecule has 1 heterocycles. The number of halogens is 4. The maximum atomic E-state index is 6.61. The summed E-state index contributed by atoms with van der Waals surface area (Å²) in [4.78, 5) is 0. The molecule has 2 aromatic carbocycles. The van der Waals surface area contributed by atoms with Gasteiger partial charge in [-0.1, -0.05) is 49.5 Å². The Morgan fingerprint density at radius 3 is 2.29 bits per heavy atom. The number of hydrogen-bond donors (Lipinski definition) is 0. The smallest absolute Gasteiger partial charge is 0.162 e. The van der Waals surface area contributed by atoms with Gasteiger partial charge in [0.1, 0.15) is 13.2 Å². The average Bonchev–Trinajstić information content (AvgIpc) is 2.46. The fourth-order valence-corrected chi connectivity index (χ4v) is 4.25. The molecule has 0 spiro atoms. The summed E-state index contributed by atoms with van der Waals surface area (Å²) < 4.78 is 13.0. The maximum Gasteiger partial charge on any atom is 0.162 e. The molecular weight excluding hydrogens is 443 g/mol. The Morgan fingerprint density at radius 2 is 1.62 bits per heavy atom. The lowest BCUT2D eigenvalue weighted by molar-refractivity contribution is 0.171. The topological polar surface area (TPSA) is 18.5 Å². The van der Waals surface area contributed by atoms with Gasteiger partial charge in [0.2, 0.25) is 0 Å². The van der Waals surface area contributed by atoms with Crippen LogP contribution in [-0.4, -0.2) is 13.2 Å². The first-order valence-corrected chi connectivity index (χ1v) is 8.64. The molecule has 6 heteroatoms. The van der Waals surface area contributed by atoms with Crippen LogP contribution >= 0.6 is 55.1 Å². The van der Waals surface area contributed by atoms with Crippen LogP contribution < -0.4 is 9.47 Å². The highest BCUT2D eigenvalue weighted by molar-refractivity contribution is 9.11. The fourth-order valence-electron chi connectivity index (χ4n) is 2.15. The molecule has 0 aliphatic carbocycles. The van der Waals surface area contributed by atoms with E-state index in [0.29, 0.717) is 29.7 Å². The van der Waals surface area contributed by atoms with Crippen LogP contribution in [-0.2, 0) is 0 Å². The summed E-state index contributed by atoms with van der Waals surface area (Å²) in [7, 11) is 0. The van der Waals surface area contributed by atoms with Crippen molar-refractivity contribution in [1.29, 1.82) is 0 Å². The number of ether oxygens (including phenoxy) is 2. The van der Waals surface area contributed by atoms with Gasteiger partial charge in [-0.25, -0.2) is 0 Å². The third kappa shape index (κ3) is 3.19. The summed E-state index contributed by atoms with van der Waals surface area (Å²) in [6, 6.07) is 9.47. The van der Waals surface area contributed by atoms with E-state index in [-0.39, 0.29) is 5.38 Å². The van der Waals surface area contributed by atoms with Gasteiger partial charge in [0.15, 0.2) is 11.5 Å².